The average molecular weight is 329 g/mol. The Bertz CT molecular complexity index is 513. The molecule has 0 atom stereocenters. The summed E-state index contributed by atoms with van der Waals surface area (Å²) >= 11 is 11.0. The SMILES string of the molecule is Nc1cc(Br)ccc1SCc1ccc(Cl)cc1. The van der Waals surface area contributed by atoms with E-state index >= 15 is 0 Å². The van der Waals surface area contributed by atoms with Gasteiger partial charge in [0.1, 0.15) is 0 Å². The van der Waals surface area contributed by atoms with Crippen LogP contribution in [0, 0.1) is 0 Å². The molecule has 0 bridgehead atoms. The molecule has 0 spiro atoms. The summed E-state index contributed by atoms with van der Waals surface area (Å²) in [6.45, 7) is 0. The van der Waals surface area contributed by atoms with Crippen molar-refractivity contribution in [3.8, 4) is 0 Å². The van der Waals surface area contributed by atoms with Crippen LogP contribution in [0.4, 0.5) is 5.69 Å². The fraction of sp³-hybridized carbons (Fsp3) is 0.0769. The minimum atomic E-state index is 0.766. The van der Waals surface area contributed by atoms with E-state index in [-0.39, 0.29) is 0 Å². The molecule has 0 saturated heterocycles. The van der Waals surface area contributed by atoms with Crippen molar-refractivity contribution in [1.82, 2.24) is 0 Å². The molecule has 0 aliphatic carbocycles. The van der Waals surface area contributed by atoms with Crippen molar-refractivity contribution in [2.24, 2.45) is 0 Å². The molecule has 0 unspecified atom stereocenters. The zero-order valence-corrected chi connectivity index (χ0v) is 12.1. The van der Waals surface area contributed by atoms with Gasteiger partial charge in [-0.15, -0.1) is 11.8 Å². The Balaban J connectivity index is 2.04. The van der Waals surface area contributed by atoms with Crippen LogP contribution in [-0.4, -0.2) is 0 Å². The quantitative estimate of drug-likeness (QED) is 0.635. The first-order valence-corrected chi connectivity index (χ1v) is 7.23. The number of thioether (sulfide) groups is 1. The smallest absolute Gasteiger partial charge is 0.0463 e. The number of hydrogen-bond acceptors (Lipinski definition) is 2. The first-order valence-electron chi connectivity index (χ1n) is 5.07. The van der Waals surface area contributed by atoms with Crippen LogP contribution in [0.5, 0.6) is 0 Å². The molecule has 0 aliphatic heterocycles. The summed E-state index contributed by atoms with van der Waals surface area (Å²) in [7, 11) is 0. The zero-order chi connectivity index (χ0) is 12.3. The summed E-state index contributed by atoms with van der Waals surface area (Å²) < 4.78 is 1.01. The number of halogens is 2. The Labute approximate surface area is 118 Å². The zero-order valence-electron chi connectivity index (χ0n) is 8.99. The van der Waals surface area contributed by atoms with Crippen LogP contribution < -0.4 is 5.73 Å². The fourth-order valence-electron chi connectivity index (χ4n) is 1.39. The van der Waals surface area contributed by atoms with Crippen LogP contribution in [0.1, 0.15) is 5.56 Å². The number of nitrogen functional groups attached to an aromatic ring is 1. The number of nitrogens with two attached hydrogens (primary N) is 1. The van der Waals surface area contributed by atoms with E-state index < -0.39 is 0 Å². The highest BCUT2D eigenvalue weighted by Crippen LogP contribution is 2.30. The molecule has 0 fully saturated rings. The third kappa shape index (κ3) is 3.66. The van der Waals surface area contributed by atoms with E-state index in [0.717, 1.165) is 25.8 Å². The van der Waals surface area contributed by atoms with Gasteiger partial charge < -0.3 is 5.73 Å². The summed E-state index contributed by atoms with van der Waals surface area (Å²) in [4.78, 5) is 1.10. The molecule has 2 aromatic rings. The molecule has 0 aromatic heterocycles. The maximum atomic E-state index is 5.94. The lowest BCUT2D eigenvalue weighted by Gasteiger charge is -2.06. The van der Waals surface area contributed by atoms with Crippen LogP contribution >= 0.6 is 39.3 Å². The van der Waals surface area contributed by atoms with Crippen LogP contribution in [0.3, 0.4) is 0 Å². The highest BCUT2D eigenvalue weighted by Gasteiger charge is 2.01. The van der Waals surface area contributed by atoms with Gasteiger partial charge in [0, 0.05) is 25.8 Å². The maximum absolute atomic E-state index is 5.94. The van der Waals surface area contributed by atoms with Gasteiger partial charge >= 0.3 is 0 Å². The van der Waals surface area contributed by atoms with Gasteiger partial charge in [-0.1, -0.05) is 39.7 Å². The summed E-state index contributed by atoms with van der Waals surface area (Å²) in [5, 5.41) is 0.766. The van der Waals surface area contributed by atoms with E-state index in [9.17, 15) is 0 Å². The van der Waals surface area contributed by atoms with E-state index in [4.69, 9.17) is 17.3 Å². The Morgan fingerprint density at radius 2 is 1.82 bits per heavy atom. The Morgan fingerprint density at radius 3 is 2.47 bits per heavy atom. The molecule has 17 heavy (non-hydrogen) atoms. The fourth-order valence-corrected chi connectivity index (χ4v) is 2.80. The molecule has 0 saturated carbocycles. The summed E-state index contributed by atoms with van der Waals surface area (Å²) in [6.07, 6.45) is 0. The van der Waals surface area contributed by atoms with Gasteiger partial charge in [0.15, 0.2) is 0 Å². The van der Waals surface area contributed by atoms with Crippen LogP contribution in [0.15, 0.2) is 51.8 Å². The summed E-state index contributed by atoms with van der Waals surface area (Å²) in [5.41, 5.74) is 7.98. The highest BCUT2D eigenvalue weighted by atomic mass is 79.9. The third-order valence-electron chi connectivity index (χ3n) is 2.28. The summed E-state index contributed by atoms with van der Waals surface area (Å²) in [6, 6.07) is 13.8. The predicted octanol–water partition coefficient (Wildman–Crippen LogP) is 4.98. The average Bonchev–Trinajstić information content (AvgIpc) is 2.30. The molecular formula is C13H11BrClNS. The van der Waals surface area contributed by atoms with Gasteiger partial charge in [-0.3, -0.25) is 0 Å². The Hall–Kier alpha value is -0.640. The lowest BCUT2D eigenvalue weighted by molar-refractivity contribution is 1.38. The minimum absolute atomic E-state index is 0.766. The van der Waals surface area contributed by atoms with E-state index in [2.05, 4.69) is 15.9 Å². The van der Waals surface area contributed by atoms with Gasteiger partial charge in [-0.2, -0.15) is 0 Å². The van der Waals surface area contributed by atoms with E-state index in [1.54, 1.807) is 11.8 Å². The van der Waals surface area contributed by atoms with Crippen molar-refractivity contribution in [1.29, 1.82) is 0 Å². The molecule has 1 nitrogen and oxygen atoms in total. The maximum Gasteiger partial charge on any atom is 0.0463 e. The monoisotopic (exact) mass is 327 g/mol. The molecular weight excluding hydrogens is 318 g/mol. The van der Waals surface area contributed by atoms with Crippen molar-refractivity contribution in [3.63, 3.8) is 0 Å². The lowest BCUT2D eigenvalue weighted by Crippen LogP contribution is -1.89. The predicted molar refractivity (Wildman–Crippen MR) is 79.6 cm³/mol. The largest absolute Gasteiger partial charge is 0.398 e. The summed E-state index contributed by atoms with van der Waals surface area (Å²) in [5.74, 6) is 0.892. The van der Waals surface area contributed by atoms with Gasteiger partial charge in [-0.05, 0) is 35.9 Å². The second kappa shape index (κ2) is 5.80. The van der Waals surface area contributed by atoms with Crippen molar-refractivity contribution in [3.05, 3.63) is 57.5 Å². The van der Waals surface area contributed by atoms with Crippen molar-refractivity contribution in [2.75, 3.05) is 5.73 Å². The normalized spacial score (nSPS) is 10.5. The first kappa shape index (κ1) is 12.8. The lowest BCUT2D eigenvalue weighted by atomic mass is 10.2. The molecule has 0 aliphatic rings. The van der Waals surface area contributed by atoms with Gasteiger partial charge in [0.05, 0.1) is 0 Å². The molecule has 88 valence electrons. The number of rotatable bonds is 3. The Morgan fingerprint density at radius 1 is 1.12 bits per heavy atom. The topological polar surface area (TPSA) is 26.0 Å². The van der Waals surface area contributed by atoms with Crippen molar-refractivity contribution < 1.29 is 0 Å². The van der Waals surface area contributed by atoms with Gasteiger partial charge in [-0.25, -0.2) is 0 Å². The van der Waals surface area contributed by atoms with Crippen LogP contribution in [0.2, 0.25) is 5.02 Å². The molecule has 0 amide bonds. The molecule has 2 N–H and O–H groups in total. The van der Waals surface area contributed by atoms with Crippen LogP contribution in [0.25, 0.3) is 0 Å². The van der Waals surface area contributed by atoms with Crippen LogP contribution in [-0.2, 0) is 5.75 Å². The molecule has 2 rings (SSSR count). The number of benzene rings is 2. The van der Waals surface area contributed by atoms with Gasteiger partial charge in [0.25, 0.3) is 0 Å². The highest BCUT2D eigenvalue weighted by molar-refractivity contribution is 9.10. The third-order valence-corrected chi connectivity index (χ3v) is 4.19. The van der Waals surface area contributed by atoms with Crippen molar-refractivity contribution in [2.45, 2.75) is 10.6 Å². The number of anilines is 1. The number of hydrogen-bond donors (Lipinski definition) is 1. The minimum Gasteiger partial charge on any atom is -0.398 e. The van der Waals surface area contributed by atoms with E-state index in [1.165, 1.54) is 5.56 Å². The second-order valence-corrected chi connectivity index (χ2v) is 5.97. The first-order chi connectivity index (χ1) is 8.15. The van der Waals surface area contributed by atoms with Gasteiger partial charge in [0.2, 0.25) is 0 Å². The van der Waals surface area contributed by atoms with E-state index in [0.29, 0.717) is 0 Å². The van der Waals surface area contributed by atoms with E-state index in [1.807, 2.05) is 42.5 Å². The molecule has 2 aromatic carbocycles. The molecule has 4 heteroatoms. The standard InChI is InChI=1S/C13H11BrClNS/c14-10-3-6-13(12(16)7-10)17-8-9-1-4-11(15)5-2-9/h1-7H,8,16H2. The second-order valence-electron chi connectivity index (χ2n) is 3.60. The molecule has 0 heterocycles. The van der Waals surface area contributed by atoms with Crippen molar-refractivity contribution >= 4 is 45.0 Å². The molecule has 0 radical (unpaired) electrons. The Kier molecular flexibility index (Phi) is 4.37.